The number of carbonyl (C=O) groups is 1. The fourth-order valence-corrected chi connectivity index (χ4v) is 4.37. The number of fused-ring (bicyclic) bond motifs is 1. The smallest absolute Gasteiger partial charge is 0.228 e. The molecule has 0 aromatic heterocycles. The van der Waals surface area contributed by atoms with Crippen molar-refractivity contribution in [2.75, 3.05) is 62.7 Å². The van der Waals surface area contributed by atoms with Crippen molar-refractivity contribution in [3.05, 3.63) is 59.1 Å². The predicted molar refractivity (Wildman–Crippen MR) is 120 cm³/mol. The fraction of sp³-hybridized carbons (Fsp3) is 0.435. The number of hydrogen-bond acceptors (Lipinski definition) is 4. The number of carbonyl (C=O) groups excluding carboxylic acids is 1. The predicted octanol–water partition coefficient (Wildman–Crippen LogP) is 3.33. The van der Waals surface area contributed by atoms with E-state index in [-0.39, 0.29) is 5.91 Å². The first-order chi connectivity index (χ1) is 14.1. The maximum atomic E-state index is 13.0. The second kappa shape index (κ2) is 9.16. The lowest BCUT2D eigenvalue weighted by Crippen LogP contribution is -2.47. The van der Waals surface area contributed by atoms with Crippen molar-refractivity contribution in [3.63, 3.8) is 0 Å². The molecular formula is C23H29ClN4O. The van der Waals surface area contributed by atoms with Crippen LogP contribution in [0.25, 0.3) is 0 Å². The second-order valence-corrected chi connectivity index (χ2v) is 8.42. The number of piperazine rings is 1. The van der Waals surface area contributed by atoms with Gasteiger partial charge in [-0.25, -0.2) is 0 Å². The van der Waals surface area contributed by atoms with Crippen LogP contribution in [0.5, 0.6) is 0 Å². The molecule has 0 atom stereocenters. The lowest BCUT2D eigenvalue weighted by Gasteiger charge is -2.38. The highest BCUT2D eigenvalue weighted by molar-refractivity contribution is 6.30. The Morgan fingerprint density at radius 2 is 1.69 bits per heavy atom. The van der Waals surface area contributed by atoms with Crippen LogP contribution < -0.4 is 9.80 Å². The maximum absolute atomic E-state index is 13.0. The molecule has 2 aliphatic heterocycles. The van der Waals surface area contributed by atoms with E-state index in [1.807, 2.05) is 35.2 Å². The average Bonchev–Trinajstić information content (AvgIpc) is 2.73. The van der Waals surface area contributed by atoms with Crippen molar-refractivity contribution in [3.8, 4) is 0 Å². The first kappa shape index (κ1) is 20.2. The Morgan fingerprint density at radius 1 is 0.931 bits per heavy atom. The quantitative estimate of drug-likeness (QED) is 0.753. The van der Waals surface area contributed by atoms with Crippen molar-refractivity contribution in [1.29, 1.82) is 0 Å². The molecule has 2 aromatic carbocycles. The van der Waals surface area contributed by atoms with Gasteiger partial charge >= 0.3 is 0 Å². The molecule has 0 bridgehead atoms. The highest BCUT2D eigenvalue weighted by Gasteiger charge is 2.27. The van der Waals surface area contributed by atoms with Crippen LogP contribution in [0.3, 0.4) is 0 Å². The summed E-state index contributed by atoms with van der Waals surface area (Å²) in [6.07, 6.45) is 0.576. The zero-order valence-electron chi connectivity index (χ0n) is 17.1. The monoisotopic (exact) mass is 412 g/mol. The van der Waals surface area contributed by atoms with Crippen molar-refractivity contribution in [2.45, 2.75) is 13.0 Å². The second-order valence-electron chi connectivity index (χ2n) is 7.98. The molecule has 5 nitrogen and oxygen atoms in total. The molecule has 1 fully saturated rings. The molecule has 1 amide bonds. The summed E-state index contributed by atoms with van der Waals surface area (Å²) in [5.74, 6) is 0.221. The average molecular weight is 413 g/mol. The highest BCUT2D eigenvalue weighted by Crippen LogP contribution is 2.34. The van der Waals surface area contributed by atoms with Crippen LogP contribution in [-0.4, -0.2) is 68.6 Å². The lowest BCUT2D eigenvalue weighted by atomic mass is 10.1. The number of anilines is 2. The molecule has 0 N–H and O–H groups in total. The van der Waals surface area contributed by atoms with Gasteiger partial charge in [0.15, 0.2) is 0 Å². The van der Waals surface area contributed by atoms with Gasteiger partial charge in [-0.2, -0.15) is 0 Å². The first-order valence-corrected chi connectivity index (χ1v) is 10.8. The number of para-hydroxylation sites is 2. The van der Waals surface area contributed by atoms with E-state index in [0.717, 1.165) is 68.8 Å². The van der Waals surface area contributed by atoms with Crippen molar-refractivity contribution < 1.29 is 4.79 Å². The molecule has 2 aromatic rings. The third-order valence-corrected chi connectivity index (χ3v) is 6.14. The highest BCUT2D eigenvalue weighted by atomic mass is 35.5. The van der Waals surface area contributed by atoms with E-state index in [1.165, 1.54) is 5.56 Å². The first-order valence-electron chi connectivity index (χ1n) is 10.4. The van der Waals surface area contributed by atoms with E-state index in [2.05, 4.69) is 39.9 Å². The number of halogens is 1. The van der Waals surface area contributed by atoms with Gasteiger partial charge in [-0.1, -0.05) is 35.9 Å². The molecule has 4 rings (SSSR count). The summed E-state index contributed by atoms with van der Waals surface area (Å²) in [7, 11) is 2.16. The fourth-order valence-electron chi connectivity index (χ4n) is 4.16. The molecule has 2 heterocycles. The normalized spacial score (nSPS) is 18.0. The van der Waals surface area contributed by atoms with Gasteiger partial charge in [-0.3, -0.25) is 4.79 Å². The standard InChI is InChI=1S/C23H29ClN4O/c1-25-11-13-26(14-12-25)10-9-23(29)28-16-15-27(21-7-2-3-8-22(21)28)18-19-5-4-6-20(24)17-19/h2-8,17H,9-16,18H2,1H3. The number of amides is 1. The number of likely N-dealkylation sites (N-methyl/N-ethyl adjacent to an activating group) is 1. The summed E-state index contributed by atoms with van der Waals surface area (Å²) in [6, 6.07) is 16.2. The van der Waals surface area contributed by atoms with Gasteiger partial charge in [0.25, 0.3) is 0 Å². The van der Waals surface area contributed by atoms with Crippen LogP contribution in [0.4, 0.5) is 11.4 Å². The van der Waals surface area contributed by atoms with Crippen LogP contribution in [0, 0.1) is 0 Å². The Morgan fingerprint density at radius 3 is 2.45 bits per heavy atom. The molecule has 29 heavy (non-hydrogen) atoms. The molecule has 0 unspecified atom stereocenters. The van der Waals surface area contributed by atoms with Crippen molar-refractivity contribution in [1.82, 2.24) is 9.80 Å². The molecule has 6 heteroatoms. The third-order valence-electron chi connectivity index (χ3n) is 5.91. The topological polar surface area (TPSA) is 30.0 Å². The number of nitrogens with zero attached hydrogens (tertiary/aromatic N) is 4. The minimum atomic E-state index is 0.221. The summed E-state index contributed by atoms with van der Waals surface area (Å²) >= 11 is 6.16. The Balaban J connectivity index is 1.43. The minimum Gasteiger partial charge on any atom is -0.364 e. The van der Waals surface area contributed by atoms with Crippen molar-refractivity contribution >= 4 is 28.9 Å². The van der Waals surface area contributed by atoms with E-state index in [9.17, 15) is 4.79 Å². The summed E-state index contributed by atoms with van der Waals surface area (Å²) in [5.41, 5.74) is 3.32. The molecule has 154 valence electrons. The SMILES string of the molecule is CN1CCN(CCC(=O)N2CCN(Cc3cccc(Cl)c3)c3ccccc32)CC1. The van der Waals surface area contributed by atoms with Gasteiger partial charge in [0.1, 0.15) is 0 Å². The summed E-state index contributed by atoms with van der Waals surface area (Å²) < 4.78 is 0. The number of benzene rings is 2. The van der Waals surface area contributed by atoms with Crippen LogP contribution >= 0.6 is 11.6 Å². The molecule has 0 saturated carbocycles. The van der Waals surface area contributed by atoms with Gasteiger partial charge in [-0.05, 0) is 36.9 Å². The maximum Gasteiger partial charge on any atom is 0.228 e. The Kier molecular flexibility index (Phi) is 6.38. The summed E-state index contributed by atoms with van der Waals surface area (Å²) in [5, 5.41) is 0.758. The Bertz CT molecular complexity index is 850. The van der Waals surface area contributed by atoms with Gasteiger partial charge < -0.3 is 19.6 Å². The van der Waals surface area contributed by atoms with E-state index in [1.54, 1.807) is 0 Å². The van der Waals surface area contributed by atoms with E-state index >= 15 is 0 Å². The van der Waals surface area contributed by atoms with Gasteiger partial charge in [0.2, 0.25) is 5.91 Å². The zero-order valence-corrected chi connectivity index (χ0v) is 17.8. The van der Waals surface area contributed by atoms with E-state index in [4.69, 9.17) is 11.6 Å². The van der Waals surface area contributed by atoms with Crippen LogP contribution in [-0.2, 0) is 11.3 Å². The van der Waals surface area contributed by atoms with Gasteiger partial charge in [-0.15, -0.1) is 0 Å². The largest absolute Gasteiger partial charge is 0.364 e. The van der Waals surface area contributed by atoms with E-state index in [0.29, 0.717) is 6.42 Å². The number of hydrogen-bond donors (Lipinski definition) is 0. The molecule has 0 aliphatic carbocycles. The van der Waals surface area contributed by atoms with Crippen molar-refractivity contribution in [2.24, 2.45) is 0 Å². The zero-order chi connectivity index (χ0) is 20.2. The minimum absolute atomic E-state index is 0.221. The third kappa shape index (κ3) is 4.92. The van der Waals surface area contributed by atoms with Crippen LogP contribution in [0.15, 0.2) is 48.5 Å². The summed E-state index contributed by atoms with van der Waals surface area (Å²) in [6.45, 7) is 7.45. The molecular weight excluding hydrogens is 384 g/mol. The Labute approximate surface area is 178 Å². The molecule has 1 saturated heterocycles. The Hall–Kier alpha value is -2.08. The molecule has 0 spiro atoms. The van der Waals surface area contributed by atoms with Crippen LogP contribution in [0.1, 0.15) is 12.0 Å². The lowest BCUT2D eigenvalue weighted by molar-refractivity contribution is -0.119. The number of rotatable bonds is 5. The van der Waals surface area contributed by atoms with Crippen LogP contribution in [0.2, 0.25) is 5.02 Å². The van der Waals surface area contributed by atoms with E-state index < -0.39 is 0 Å². The molecule has 0 radical (unpaired) electrons. The summed E-state index contributed by atoms with van der Waals surface area (Å²) in [4.78, 5) is 22.1. The van der Waals surface area contributed by atoms with Gasteiger partial charge in [0.05, 0.1) is 11.4 Å². The molecule has 2 aliphatic rings. The van der Waals surface area contributed by atoms with Gasteiger partial charge in [0, 0.05) is 63.8 Å².